The van der Waals surface area contributed by atoms with Gasteiger partial charge in [-0.15, -0.1) is 0 Å². The van der Waals surface area contributed by atoms with Crippen molar-refractivity contribution in [2.24, 2.45) is 22.9 Å². The van der Waals surface area contributed by atoms with Crippen LogP contribution < -0.4 is 22.9 Å². The standard InChI is InChI=1S/2C6H14N2.Cu/c2*7-5-3-1-2-4-6(5)8;/h2*5-6H,1-4,7-8H2;/t2*5-,6-;/m11./s1. The van der Waals surface area contributed by atoms with Crippen LogP contribution >= 0.6 is 0 Å². The number of rotatable bonds is 0. The molecule has 4 nitrogen and oxygen atoms in total. The molecule has 8 N–H and O–H groups in total. The molecule has 5 heteroatoms. The van der Waals surface area contributed by atoms with Gasteiger partial charge in [-0.2, -0.15) is 0 Å². The average molecular weight is 292 g/mol. The summed E-state index contributed by atoms with van der Waals surface area (Å²) in [6.45, 7) is 0. The van der Waals surface area contributed by atoms with E-state index in [4.69, 9.17) is 22.9 Å². The second-order valence-corrected chi connectivity index (χ2v) is 5.22. The summed E-state index contributed by atoms with van der Waals surface area (Å²) in [7, 11) is 0. The van der Waals surface area contributed by atoms with Crippen molar-refractivity contribution in [3.8, 4) is 0 Å². The summed E-state index contributed by atoms with van der Waals surface area (Å²) in [6.07, 6.45) is 9.60. The molecule has 2 aliphatic rings. The minimum atomic E-state index is 0. The molecule has 0 bridgehead atoms. The van der Waals surface area contributed by atoms with Gasteiger partial charge in [0.2, 0.25) is 0 Å². The molecular formula is C12H28CuN4. The Labute approximate surface area is 116 Å². The van der Waals surface area contributed by atoms with E-state index in [2.05, 4.69) is 0 Å². The molecule has 0 heterocycles. The monoisotopic (exact) mass is 291 g/mol. The van der Waals surface area contributed by atoms with E-state index in [0.29, 0.717) is 0 Å². The number of nitrogens with two attached hydrogens (primary N) is 4. The summed E-state index contributed by atoms with van der Waals surface area (Å²) in [5.74, 6) is 0. The molecule has 2 aliphatic carbocycles. The van der Waals surface area contributed by atoms with E-state index in [1.807, 2.05) is 0 Å². The molecule has 0 aromatic carbocycles. The van der Waals surface area contributed by atoms with Gasteiger partial charge in [0, 0.05) is 41.2 Å². The van der Waals surface area contributed by atoms with E-state index in [9.17, 15) is 0 Å². The van der Waals surface area contributed by atoms with Gasteiger partial charge in [-0.05, 0) is 25.7 Å². The summed E-state index contributed by atoms with van der Waals surface area (Å²) in [6, 6.07) is 1.12. The van der Waals surface area contributed by atoms with Gasteiger partial charge < -0.3 is 22.9 Å². The molecule has 4 atom stereocenters. The fraction of sp³-hybridized carbons (Fsp3) is 1.00. The first-order valence-electron chi connectivity index (χ1n) is 6.63. The van der Waals surface area contributed by atoms with E-state index in [1.54, 1.807) is 0 Å². The third-order valence-electron chi connectivity index (χ3n) is 3.75. The largest absolute Gasteiger partial charge is 0.326 e. The van der Waals surface area contributed by atoms with Gasteiger partial charge >= 0.3 is 0 Å². The van der Waals surface area contributed by atoms with Gasteiger partial charge in [-0.1, -0.05) is 25.7 Å². The van der Waals surface area contributed by atoms with E-state index in [1.165, 1.54) is 25.7 Å². The van der Waals surface area contributed by atoms with E-state index >= 15 is 0 Å². The molecule has 1 radical (unpaired) electrons. The van der Waals surface area contributed by atoms with Crippen molar-refractivity contribution in [2.75, 3.05) is 0 Å². The van der Waals surface area contributed by atoms with Crippen LogP contribution in [0.2, 0.25) is 0 Å². The van der Waals surface area contributed by atoms with Crippen molar-refractivity contribution < 1.29 is 17.1 Å². The van der Waals surface area contributed by atoms with E-state index < -0.39 is 0 Å². The van der Waals surface area contributed by atoms with E-state index in [0.717, 1.165) is 25.7 Å². The molecule has 0 saturated heterocycles. The van der Waals surface area contributed by atoms with Crippen LogP contribution in [-0.2, 0) is 17.1 Å². The normalized spacial score (nSPS) is 37.4. The topological polar surface area (TPSA) is 104 Å². The Bertz CT molecular complexity index is 151. The van der Waals surface area contributed by atoms with Crippen LogP contribution in [0.5, 0.6) is 0 Å². The van der Waals surface area contributed by atoms with Crippen molar-refractivity contribution in [1.29, 1.82) is 0 Å². The van der Waals surface area contributed by atoms with Gasteiger partial charge in [0.25, 0.3) is 0 Å². The van der Waals surface area contributed by atoms with Crippen LogP contribution in [0, 0.1) is 0 Å². The Morgan fingerprint density at radius 1 is 0.471 bits per heavy atom. The minimum Gasteiger partial charge on any atom is -0.326 e. The Morgan fingerprint density at radius 3 is 0.765 bits per heavy atom. The summed E-state index contributed by atoms with van der Waals surface area (Å²) < 4.78 is 0. The Hall–Kier alpha value is 0.359. The molecule has 0 aromatic heterocycles. The second kappa shape index (κ2) is 9.31. The molecule has 0 unspecified atom stereocenters. The van der Waals surface area contributed by atoms with Gasteiger partial charge in [-0.3, -0.25) is 0 Å². The molecule has 0 aromatic rings. The minimum absolute atomic E-state index is 0. The molecule has 17 heavy (non-hydrogen) atoms. The Balaban J connectivity index is 0.000000284. The molecular weight excluding hydrogens is 264 g/mol. The quantitative estimate of drug-likeness (QED) is 0.486. The summed E-state index contributed by atoms with van der Waals surface area (Å²) in [5.41, 5.74) is 22.6. The first-order valence-corrected chi connectivity index (χ1v) is 6.63. The maximum atomic E-state index is 5.65. The first kappa shape index (κ1) is 17.4. The molecule has 2 saturated carbocycles. The zero-order chi connectivity index (χ0) is 12.0. The maximum absolute atomic E-state index is 5.65. The van der Waals surface area contributed by atoms with Crippen LogP contribution in [0.1, 0.15) is 51.4 Å². The van der Waals surface area contributed by atoms with Gasteiger partial charge in [-0.25, -0.2) is 0 Å². The Kier molecular flexibility index (Phi) is 9.51. The van der Waals surface area contributed by atoms with Crippen LogP contribution in [0.3, 0.4) is 0 Å². The zero-order valence-corrected chi connectivity index (χ0v) is 11.5. The summed E-state index contributed by atoms with van der Waals surface area (Å²) >= 11 is 0. The molecule has 107 valence electrons. The average Bonchev–Trinajstić information content (AvgIpc) is 2.28. The van der Waals surface area contributed by atoms with Gasteiger partial charge in [0.15, 0.2) is 0 Å². The predicted molar refractivity (Wildman–Crippen MR) is 68.8 cm³/mol. The van der Waals surface area contributed by atoms with Crippen LogP contribution in [-0.4, -0.2) is 24.2 Å². The third-order valence-corrected chi connectivity index (χ3v) is 3.75. The van der Waals surface area contributed by atoms with Gasteiger partial charge in [0.1, 0.15) is 0 Å². The number of hydrogen-bond acceptors (Lipinski definition) is 4. The third kappa shape index (κ3) is 6.75. The van der Waals surface area contributed by atoms with Gasteiger partial charge in [0.05, 0.1) is 0 Å². The van der Waals surface area contributed by atoms with Crippen molar-refractivity contribution in [3.63, 3.8) is 0 Å². The van der Waals surface area contributed by atoms with Crippen molar-refractivity contribution in [3.05, 3.63) is 0 Å². The number of hydrogen-bond donors (Lipinski definition) is 4. The van der Waals surface area contributed by atoms with Crippen molar-refractivity contribution in [2.45, 2.75) is 75.5 Å². The first-order chi connectivity index (χ1) is 7.61. The van der Waals surface area contributed by atoms with Crippen molar-refractivity contribution in [1.82, 2.24) is 0 Å². The van der Waals surface area contributed by atoms with Crippen LogP contribution in [0.25, 0.3) is 0 Å². The predicted octanol–water partition coefficient (Wildman–Crippen LogP) is 0.428. The zero-order valence-electron chi connectivity index (χ0n) is 10.6. The maximum Gasteiger partial charge on any atom is 0.0192 e. The Morgan fingerprint density at radius 2 is 0.647 bits per heavy atom. The summed E-state index contributed by atoms with van der Waals surface area (Å²) in [4.78, 5) is 0. The second-order valence-electron chi connectivity index (χ2n) is 5.22. The molecule has 0 aliphatic heterocycles. The molecule has 2 fully saturated rings. The van der Waals surface area contributed by atoms with E-state index in [-0.39, 0.29) is 41.2 Å². The molecule has 2 rings (SSSR count). The fourth-order valence-electron chi connectivity index (χ4n) is 2.38. The summed E-state index contributed by atoms with van der Waals surface area (Å²) in [5, 5.41) is 0. The smallest absolute Gasteiger partial charge is 0.0192 e. The molecule has 0 amide bonds. The van der Waals surface area contributed by atoms with Crippen LogP contribution in [0.15, 0.2) is 0 Å². The van der Waals surface area contributed by atoms with Crippen molar-refractivity contribution >= 4 is 0 Å². The fourth-order valence-corrected chi connectivity index (χ4v) is 2.38. The van der Waals surface area contributed by atoms with Crippen LogP contribution in [0.4, 0.5) is 0 Å². The SMILES string of the molecule is N[C@@H]1CCCC[C@H]1N.N[C@@H]1CCCC[C@H]1N.[Cu]. The molecule has 0 spiro atoms.